The van der Waals surface area contributed by atoms with Crippen molar-refractivity contribution in [3.63, 3.8) is 0 Å². The summed E-state index contributed by atoms with van der Waals surface area (Å²) in [5, 5.41) is 5.81. The second-order valence-corrected chi connectivity index (χ2v) is 6.70. The number of aryl methyl sites for hydroxylation is 1. The van der Waals surface area contributed by atoms with Gasteiger partial charge in [0.25, 0.3) is 0 Å². The zero-order valence-electron chi connectivity index (χ0n) is 15.2. The fourth-order valence-corrected chi connectivity index (χ4v) is 3.04. The molecule has 0 spiro atoms. The average Bonchev–Trinajstić information content (AvgIpc) is 2.62. The molecule has 2 rings (SSSR count). The lowest BCUT2D eigenvalue weighted by atomic mass is 10.0. The molecule has 1 aliphatic heterocycles. The Morgan fingerprint density at radius 1 is 1.19 bits per heavy atom. The average molecular weight is 367 g/mol. The van der Waals surface area contributed by atoms with Gasteiger partial charge in [0.2, 0.25) is 11.8 Å². The Hall–Kier alpha value is -2.02. The number of piperidine rings is 1. The van der Waals surface area contributed by atoms with E-state index in [0.717, 1.165) is 50.6 Å². The molecule has 0 aromatic heterocycles. The molecule has 1 aromatic rings. The van der Waals surface area contributed by atoms with Crippen molar-refractivity contribution in [2.45, 2.75) is 45.1 Å². The van der Waals surface area contributed by atoms with E-state index in [1.165, 1.54) is 0 Å². The molecule has 1 fully saturated rings. The predicted octanol–water partition coefficient (Wildman–Crippen LogP) is 2.00. The van der Waals surface area contributed by atoms with Gasteiger partial charge in [0, 0.05) is 32.1 Å². The summed E-state index contributed by atoms with van der Waals surface area (Å²) in [6.45, 7) is 4.60. The number of rotatable bonds is 8. The molecule has 5 nitrogen and oxygen atoms in total. The molecule has 1 heterocycles. The first-order valence-corrected chi connectivity index (χ1v) is 9.20. The molecule has 0 radical (unpaired) electrons. The normalized spacial score (nSPS) is 15.7. The van der Waals surface area contributed by atoms with E-state index in [4.69, 9.17) is 0 Å². The lowest BCUT2D eigenvalue weighted by Gasteiger charge is -2.31. The molecule has 7 heteroatoms. The maximum Gasteiger partial charge on any atom is 0.234 e. The number of carbonyl (C=O) groups excluding carboxylic acids is 2. The van der Waals surface area contributed by atoms with Gasteiger partial charge in [0.15, 0.2) is 0 Å². The summed E-state index contributed by atoms with van der Waals surface area (Å²) >= 11 is 0. The number of hydrogen-bond donors (Lipinski definition) is 2. The lowest BCUT2D eigenvalue weighted by molar-refractivity contribution is -0.124. The molecule has 0 atom stereocenters. The first kappa shape index (κ1) is 20.3. The van der Waals surface area contributed by atoms with Crippen LogP contribution in [-0.2, 0) is 16.0 Å². The Kier molecular flexibility index (Phi) is 7.97. The number of nitrogens with zero attached hydrogens (tertiary/aromatic N) is 1. The number of nitrogens with one attached hydrogen (secondary N) is 2. The summed E-state index contributed by atoms with van der Waals surface area (Å²) in [5.74, 6) is -1.12. The molecule has 0 bridgehead atoms. The van der Waals surface area contributed by atoms with Gasteiger partial charge in [-0.2, -0.15) is 0 Å². The molecular formula is C19H27F2N3O2. The van der Waals surface area contributed by atoms with Crippen LogP contribution in [0.3, 0.4) is 0 Å². The highest BCUT2D eigenvalue weighted by Crippen LogP contribution is 2.13. The van der Waals surface area contributed by atoms with Crippen LogP contribution in [0.2, 0.25) is 0 Å². The summed E-state index contributed by atoms with van der Waals surface area (Å²) in [6.07, 6.45) is 2.77. The zero-order chi connectivity index (χ0) is 18.9. The maximum atomic E-state index is 13.6. The molecule has 1 aliphatic rings. The number of halogens is 2. The first-order chi connectivity index (χ1) is 12.5. The highest BCUT2D eigenvalue weighted by Gasteiger charge is 2.22. The third-order valence-corrected chi connectivity index (χ3v) is 4.52. The van der Waals surface area contributed by atoms with Gasteiger partial charge in [-0.05, 0) is 49.4 Å². The van der Waals surface area contributed by atoms with Crippen molar-refractivity contribution in [3.05, 3.63) is 35.4 Å². The Balaban J connectivity index is 1.68. The van der Waals surface area contributed by atoms with E-state index in [1.807, 2.05) is 6.92 Å². The van der Waals surface area contributed by atoms with Gasteiger partial charge in [0.1, 0.15) is 11.6 Å². The highest BCUT2D eigenvalue weighted by molar-refractivity contribution is 5.78. The molecule has 0 aliphatic carbocycles. The van der Waals surface area contributed by atoms with E-state index < -0.39 is 11.6 Å². The van der Waals surface area contributed by atoms with Crippen LogP contribution in [-0.4, -0.2) is 48.9 Å². The van der Waals surface area contributed by atoms with Crippen molar-refractivity contribution >= 4 is 11.8 Å². The fourth-order valence-electron chi connectivity index (χ4n) is 3.04. The fraction of sp³-hybridized carbons (Fsp3) is 0.579. The summed E-state index contributed by atoms with van der Waals surface area (Å²) in [6, 6.07) is 3.34. The van der Waals surface area contributed by atoms with E-state index in [1.54, 1.807) is 0 Å². The summed E-state index contributed by atoms with van der Waals surface area (Å²) in [4.78, 5) is 25.9. The topological polar surface area (TPSA) is 61.4 Å². The lowest BCUT2D eigenvalue weighted by Crippen LogP contribution is -2.47. The molecular weight excluding hydrogens is 340 g/mol. The molecule has 0 unspecified atom stereocenters. The van der Waals surface area contributed by atoms with Crippen LogP contribution in [0.5, 0.6) is 0 Å². The molecule has 2 amide bonds. The minimum absolute atomic E-state index is 0.0338. The first-order valence-electron chi connectivity index (χ1n) is 9.20. The van der Waals surface area contributed by atoms with Gasteiger partial charge in [-0.3, -0.25) is 14.5 Å². The van der Waals surface area contributed by atoms with Crippen LogP contribution in [0.15, 0.2) is 18.2 Å². The summed E-state index contributed by atoms with van der Waals surface area (Å²) < 4.78 is 26.7. The highest BCUT2D eigenvalue weighted by atomic mass is 19.1. The van der Waals surface area contributed by atoms with E-state index in [2.05, 4.69) is 15.5 Å². The summed E-state index contributed by atoms with van der Waals surface area (Å²) in [7, 11) is 0. The third-order valence-electron chi connectivity index (χ3n) is 4.52. The Morgan fingerprint density at radius 2 is 1.92 bits per heavy atom. The van der Waals surface area contributed by atoms with Crippen molar-refractivity contribution in [1.82, 2.24) is 15.5 Å². The Labute approximate surface area is 153 Å². The van der Waals surface area contributed by atoms with Crippen molar-refractivity contribution in [3.8, 4) is 0 Å². The number of amides is 2. The van der Waals surface area contributed by atoms with Gasteiger partial charge in [-0.15, -0.1) is 0 Å². The Bertz CT molecular complexity index is 617. The van der Waals surface area contributed by atoms with Crippen LogP contribution in [0.25, 0.3) is 0 Å². The SMILES string of the molecule is CCCNC(=O)CN1CCC(NC(=O)CCc2cc(F)ccc2F)CC1. The summed E-state index contributed by atoms with van der Waals surface area (Å²) in [5.41, 5.74) is 0.216. The van der Waals surface area contributed by atoms with Crippen LogP contribution in [0.4, 0.5) is 8.78 Å². The number of benzene rings is 1. The molecule has 2 N–H and O–H groups in total. The monoisotopic (exact) mass is 367 g/mol. The van der Waals surface area contributed by atoms with Crippen molar-refractivity contribution < 1.29 is 18.4 Å². The number of hydrogen-bond acceptors (Lipinski definition) is 3. The molecule has 26 heavy (non-hydrogen) atoms. The van der Waals surface area contributed by atoms with Gasteiger partial charge < -0.3 is 10.6 Å². The van der Waals surface area contributed by atoms with Crippen LogP contribution < -0.4 is 10.6 Å². The zero-order valence-corrected chi connectivity index (χ0v) is 15.2. The molecule has 0 saturated carbocycles. The van der Waals surface area contributed by atoms with Gasteiger partial charge in [-0.25, -0.2) is 8.78 Å². The Morgan fingerprint density at radius 3 is 2.62 bits per heavy atom. The van der Waals surface area contributed by atoms with Crippen molar-refractivity contribution in [2.75, 3.05) is 26.2 Å². The van der Waals surface area contributed by atoms with E-state index in [-0.39, 0.29) is 36.3 Å². The van der Waals surface area contributed by atoms with Crippen LogP contribution in [0, 0.1) is 11.6 Å². The minimum atomic E-state index is -0.503. The van der Waals surface area contributed by atoms with E-state index in [0.29, 0.717) is 13.1 Å². The van der Waals surface area contributed by atoms with Gasteiger partial charge in [-0.1, -0.05) is 6.92 Å². The molecule has 1 aromatic carbocycles. The second kappa shape index (κ2) is 10.2. The molecule has 144 valence electrons. The van der Waals surface area contributed by atoms with Crippen molar-refractivity contribution in [1.29, 1.82) is 0 Å². The predicted molar refractivity (Wildman–Crippen MR) is 95.6 cm³/mol. The quantitative estimate of drug-likeness (QED) is 0.739. The van der Waals surface area contributed by atoms with Gasteiger partial charge >= 0.3 is 0 Å². The maximum absolute atomic E-state index is 13.6. The standard InChI is InChI=1S/C19H27F2N3O2/c1-2-9-22-19(26)13-24-10-7-16(8-11-24)23-18(25)6-3-14-12-15(20)4-5-17(14)21/h4-5,12,16H,2-3,6-11,13H2,1H3,(H,22,26)(H,23,25). The molecule has 1 saturated heterocycles. The number of carbonyl (C=O) groups is 2. The van der Waals surface area contributed by atoms with Crippen molar-refractivity contribution in [2.24, 2.45) is 0 Å². The minimum Gasteiger partial charge on any atom is -0.355 e. The van der Waals surface area contributed by atoms with Gasteiger partial charge in [0.05, 0.1) is 6.54 Å². The van der Waals surface area contributed by atoms with E-state index >= 15 is 0 Å². The number of likely N-dealkylation sites (tertiary alicyclic amines) is 1. The third kappa shape index (κ3) is 6.71. The van der Waals surface area contributed by atoms with E-state index in [9.17, 15) is 18.4 Å². The van der Waals surface area contributed by atoms with Crippen LogP contribution >= 0.6 is 0 Å². The largest absolute Gasteiger partial charge is 0.355 e. The smallest absolute Gasteiger partial charge is 0.234 e. The second-order valence-electron chi connectivity index (χ2n) is 6.70. The van der Waals surface area contributed by atoms with Crippen LogP contribution in [0.1, 0.15) is 38.2 Å².